The predicted molar refractivity (Wildman–Crippen MR) is 50.7 cm³/mol. The summed E-state index contributed by atoms with van der Waals surface area (Å²) in [5.41, 5.74) is 5.83. The molecule has 14 heavy (non-hydrogen) atoms. The van der Waals surface area contributed by atoms with Crippen LogP contribution in [0.3, 0.4) is 0 Å². The van der Waals surface area contributed by atoms with Crippen LogP contribution in [0.1, 0.15) is 17.2 Å². The Kier molecular flexibility index (Phi) is 3.07. The van der Waals surface area contributed by atoms with Crippen LogP contribution in [0.4, 0.5) is 0 Å². The van der Waals surface area contributed by atoms with Crippen molar-refractivity contribution >= 4 is 17.6 Å². The fourth-order valence-electron chi connectivity index (χ4n) is 1.03. The monoisotopic (exact) mass is 210 g/mol. The Labute approximate surface area is 85.5 Å². The first-order chi connectivity index (χ1) is 6.56. The number of benzene rings is 1. The highest BCUT2D eigenvalue weighted by molar-refractivity contribution is 6.30. The molecular formula is C9H7ClN2O2. The van der Waals surface area contributed by atoms with E-state index in [1.807, 2.05) is 6.07 Å². The third-order valence-corrected chi connectivity index (χ3v) is 1.97. The number of halogens is 1. The minimum atomic E-state index is -1.19. The molecule has 0 heterocycles. The Morgan fingerprint density at radius 1 is 1.64 bits per heavy atom. The van der Waals surface area contributed by atoms with E-state index in [4.69, 9.17) is 27.7 Å². The van der Waals surface area contributed by atoms with Gasteiger partial charge in [0.15, 0.2) is 0 Å². The van der Waals surface area contributed by atoms with Gasteiger partial charge in [-0.3, -0.25) is 4.79 Å². The highest BCUT2D eigenvalue weighted by Gasteiger charge is 2.17. The SMILES string of the molecule is N#Cc1cc(Cl)ccc1[C@H](N)C(=O)O. The molecular weight excluding hydrogens is 204 g/mol. The molecule has 0 bridgehead atoms. The van der Waals surface area contributed by atoms with E-state index >= 15 is 0 Å². The number of nitrogens with two attached hydrogens (primary N) is 1. The third-order valence-electron chi connectivity index (χ3n) is 1.74. The summed E-state index contributed by atoms with van der Waals surface area (Å²) in [6, 6.07) is 4.98. The van der Waals surface area contributed by atoms with E-state index in [0.29, 0.717) is 5.02 Å². The van der Waals surface area contributed by atoms with Gasteiger partial charge in [0, 0.05) is 5.02 Å². The van der Waals surface area contributed by atoms with Crippen molar-refractivity contribution in [3.05, 3.63) is 34.3 Å². The molecule has 1 aromatic rings. The summed E-state index contributed by atoms with van der Waals surface area (Å²) in [4.78, 5) is 10.6. The van der Waals surface area contributed by atoms with E-state index in [1.54, 1.807) is 0 Å². The quantitative estimate of drug-likeness (QED) is 0.770. The van der Waals surface area contributed by atoms with Crippen molar-refractivity contribution in [3.8, 4) is 6.07 Å². The third kappa shape index (κ3) is 2.02. The van der Waals surface area contributed by atoms with Crippen molar-refractivity contribution in [2.75, 3.05) is 0 Å². The number of carboxylic acid groups (broad SMARTS) is 1. The topological polar surface area (TPSA) is 87.1 Å². The largest absolute Gasteiger partial charge is 0.480 e. The highest BCUT2D eigenvalue weighted by Crippen LogP contribution is 2.20. The van der Waals surface area contributed by atoms with Gasteiger partial charge in [-0.05, 0) is 17.7 Å². The molecule has 0 unspecified atom stereocenters. The van der Waals surface area contributed by atoms with E-state index in [1.165, 1.54) is 18.2 Å². The number of rotatable bonds is 2. The summed E-state index contributed by atoms with van der Waals surface area (Å²) in [7, 11) is 0. The van der Waals surface area contributed by atoms with Crippen molar-refractivity contribution in [2.45, 2.75) is 6.04 Å². The lowest BCUT2D eigenvalue weighted by Crippen LogP contribution is -2.21. The van der Waals surface area contributed by atoms with Crippen LogP contribution in [0.25, 0.3) is 0 Å². The smallest absolute Gasteiger partial charge is 0.325 e. The van der Waals surface area contributed by atoms with E-state index in [2.05, 4.69) is 0 Å². The lowest BCUT2D eigenvalue weighted by Gasteiger charge is -2.08. The first-order valence-corrected chi connectivity index (χ1v) is 4.12. The van der Waals surface area contributed by atoms with Gasteiger partial charge in [0.25, 0.3) is 0 Å². The molecule has 0 saturated heterocycles. The first-order valence-electron chi connectivity index (χ1n) is 3.74. The number of carboxylic acids is 1. The average Bonchev–Trinajstić information content (AvgIpc) is 2.16. The molecule has 0 fully saturated rings. The molecule has 0 aliphatic carbocycles. The van der Waals surface area contributed by atoms with Gasteiger partial charge in [-0.1, -0.05) is 17.7 Å². The van der Waals surface area contributed by atoms with Gasteiger partial charge >= 0.3 is 5.97 Å². The fourth-order valence-corrected chi connectivity index (χ4v) is 1.20. The lowest BCUT2D eigenvalue weighted by molar-refractivity contribution is -0.138. The molecule has 0 aliphatic heterocycles. The van der Waals surface area contributed by atoms with Crippen molar-refractivity contribution in [1.29, 1.82) is 5.26 Å². The van der Waals surface area contributed by atoms with Crippen LogP contribution in [0.2, 0.25) is 5.02 Å². The Hall–Kier alpha value is -1.57. The molecule has 3 N–H and O–H groups in total. The van der Waals surface area contributed by atoms with Crippen LogP contribution < -0.4 is 5.73 Å². The molecule has 0 radical (unpaired) electrons. The maximum Gasteiger partial charge on any atom is 0.325 e. The number of hydrogen-bond acceptors (Lipinski definition) is 3. The Morgan fingerprint density at radius 2 is 2.29 bits per heavy atom. The minimum absolute atomic E-state index is 0.187. The second kappa shape index (κ2) is 4.09. The zero-order valence-electron chi connectivity index (χ0n) is 7.07. The van der Waals surface area contributed by atoms with Gasteiger partial charge in [0.1, 0.15) is 6.04 Å². The van der Waals surface area contributed by atoms with Gasteiger partial charge in [-0.2, -0.15) is 5.26 Å². The molecule has 1 aromatic carbocycles. The van der Waals surface area contributed by atoms with Crippen LogP contribution >= 0.6 is 11.6 Å². The Morgan fingerprint density at radius 3 is 2.79 bits per heavy atom. The summed E-state index contributed by atoms with van der Waals surface area (Å²) >= 11 is 5.64. The number of nitriles is 1. The molecule has 1 rings (SSSR count). The summed E-state index contributed by atoms with van der Waals surface area (Å²) in [6.45, 7) is 0. The molecule has 1 atom stereocenters. The zero-order valence-corrected chi connectivity index (χ0v) is 7.82. The van der Waals surface area contributed by atoms with Gasteiger partial charge < -0.3 is 10.8 Å². The summed E-state index contributed by atoms with van der Waals surface area (Å²) in [6.07, 6.45) is 0. The van der Waals surface area contributed by atoms with Crippen molar-refractivity contribution < 1.29 is 9.90 Å². The fraction of sp³-hybridized carbons (Fsp3) is 0.111. The van der Waals surface area contributed by atoms with Crippen molar-refractivity contribution in [1.82, 2.24) is 0 Å². The number of aliphatic carboxylic acids is 1. The van der Waals surface area contributed by atoms with Gasteiger partial charge in [0.05, 0.1) is 11.6 Å². The molecule has 0 aliphatic rings. The molecule has 72 valence electrons. The first kappa shape index (κ1) is 10.5. The number of carbonyl (C=O) groups is 1. The van der Waals surface area contributed by atoms with Gasteiger partial charge in [0.2, 0.25) is 0 Å². The Bertz CT molecular complexity index is 412. The summed E-state index contributed by atoms with van der Waals surface area (Å²) < 4.78 is 0. The summed E-state index contributed by atoms with van der Waals surface area (Å²) in [5, 5.41) is 17.8. The molecule has 0 aromatic heterocycles. The normalized spacial score (nSPS) is 11.8. The van der Waals surface area contributed by atoms with Crippen LogP contribution in [0.5, 0.6) is 0 Å². The second-order valence-electron chi connectivity index (χ2n) is 2.66. The zero-order chi connectivity index (χ0) is 10.7. The lowest BCUT2D eigenvalue weighted by atomic mass is 10.0. The Balaban J connectivity index is 3.22. The molecule has 0 saturated carbocycles. The van der Waals surface area contributed by atoms with Gasteiger partial charge in [-0.25, -0.2) is 0 Å². The van der Waals surface area contributed by atoms with E-state index in [0.717, 1.165) is 0 Å². The van der Waals surface area contributed by atoms with Crippen molar-refractivity contribution in [2.24, 2.45) is 5.73 Å². The van der Waals surface area contributed by atoms with Crippen LogP contribution in [-0.2, 0) is 4.79 Å². The standard InChI is InChI=1S/C9H7ClN2O2/c10-6-1-2-7(5(3-6)4-11)8(12)9(13)14/h1-3,8H,12H2,(H,13,14)/t8-/m0/s1. The van der Waals surface area contributed by atoms with E-state index in [9.17, 15) is 4.79 Å². The summed E-state index contributed by atoms with van der Waals surface area (Å²) in [5.74, 6) is -1.18. The van der Waals surface area contributed by atoms with Crippen LogP contribution in [0, 0.1) is 11.3 Å². The highest BCUT2D eigenvalue weighted by atomic mass is 35.5. The average molecular weight is 211 g/mol. The maximum absolute atomic E-state index is 10.6. The number of nitrogens with zero attached hydrogens (tertiary/aromatic N) is 1. The van der Waals surface area contributed by atoms with E-state index < -0.39 is 12.0 Å². The molecule has 0 amide bonds. The van der Waals surface area contributed by atoms with Gasteiger partial charge in [-0.15, -0.1) is 0 Å². The van der Waals surface area contributed by atoms with E-state index in [-0.39, 0.29) is 11.1 Å². The predicted octanol–water partition coefficient (Wildman–Crippen LogP) is 1.30. The second-order valence-corrected chi connectivity index (χ2v) is 3.10. The minimum Gasteiger partial charge on any atom is -0.480 e. The van der Waals surface area contributed by atoms with Crippen molar-refractivity contribution in [3.63, 3.8) is 0 Å². The molecule has 0 spiro atoms. The maximum atomic E-state index is 10.6. The number of hydrogen-bond donors (Lipinski definition) is 2. The molecule has 4 nitrogen and oxygen atoms in total. The van der Waals surface area contributed by atoms with Crippen LogP contribution in [-0.4, -0.2) is 11.1 Å². The van der Waals surface area contributed by atoms with Crippen LogP contribution in [0.15, 0.2) is 18.2 Å². The molecule has 5 heteroatoms.